The topological polar surface area (TPSA) is 108 Å². The molecule has 8 heteroatoms. The molecule has 3 aliphatic carbocycles. The van der Waals surface area contributed by atoms with Crippen molar-refractivity contribution < 1.29 is 29.3 Å². The molecular weight excluding hydrogens is 424 g/mol. The third-order valence-electron chi connectivity index (χ3n) is 8.66. The van der Waals surface area contributed by atoms with Gasteiger partial charge in [-0.2, -0.15) is 0 Å². The Labute approximate surface area is 192 Å². The summed E-state index contributed by atoms with van der Waals surface area (Å²) in [6, 6.07) is 3.29. The normalized spacial score (nSPS) is 36.2. The standard InChI is InChI=1S/C25H30N2O6/c1-32-20(30)7-6-19(29)26-16-8-9-25(31)18-12-15-4-5-17(28)22-21(15)24(25,23(16)33-22)10-11-27(18)13-14-2-3-14/h4-7,14,16,18,23,28,31H,2-3,8-13H2,1H3,(H,26,29)/t16-,18-,23+,24+,25-/m1/s1. The van der Waals surface area contributed by atoms with Crippen molar-refractivity contribution >= 4 is 11.9 Å². The highest BCUT2D eigenvalue weighted by molar-refractivity contribution is 5.94. The first kappa shape index (κ1) is 21.0. The number of nitrogens with zero attached hydrogens (tertiary/aromatic N) is 1. The number of hydrogen-bond acceptors (Lipinski definition) is 7. The van der Waals surface area contributed by atoms with Crippen LogP contribution in [0.15, 0.2) is 24.3 Å². The summed E-state index contributed by atoms with van der Waals surface area (Å²) in [6.45, 7) is 1.88. The number of piperidine rings is 1. The third kappa shape index (κ3) is 2.89. The van der Waals surface area contributed by atoms with Gasteiger partial charge in [0.1, 0.15) is 6.10 Å². The Morgan fingerprint density at radius 3 is 2.85 bits per heavy atom. The van der Waals surface area contributed by atoms with Crippen molar-refractivity contribution in [2.24, 2.45) is 5.92 Å². The van der Waals surface area contributed by atoms with Crippen LogP contribution < -0.4 is 10.1 Å². The van der Waals surface area contributed by atoms with Crippen LogP contribution in [0.25, 0.3) is 0 Å². The number of aromatic hydroxyl groups is 1. The van der Waals surface area contributed by atoms with Crippen molar-refractivity contribution in [2.45, 2.75) is 67.7 Å². The largest absolute Gasteiger partial charge is 0.504 e. The second kappa shape index (κ2) is 7.21. The molecule has 5 aliphatic rings. The lowest BCUT2D eigenvalue weighted by atomic mass is 9.48. The number of ether oxygens (including phenoxy) is 2. The molecule has 1 aromatic rings. The molecule has 3 N–H and O–H groups in total. The minimum Gasteiger partial charge on any atom is -0.504 e. The zero-order valence-electron chi connectivity index (χ0n) is 18.8. The van der Waals surface area contributed by atoms with E-state index in [9.17, 15) is 19.8 Å². The minimum atomic E-state index is -0.986. The molecule has 33 heavy (non-hydrogen) atoms. The number of esters is 1. The van der Waals surface area contributed by atoms with Gasteiger partial charge in [-0.25, -0.2) is 4.79 Å². The molecule has 1 spiro atoms. The Kier molecular flexibility index (Phi) is 4.58. The van der Waals surface area contributed by atoms with Crippen LogP contribution in [0, 0.1) is 5.92 Å². The molecule has 0 radical (unpaired) electrons. The maximum absolute atomic E-state index is 12.6. The summed E-state index contributed by atoms with van der Waals surface area (Å²) >= 11 is 0. The molecule has 2 aliphatic heterocycles. The summed E-state index contributed by atoms with van der Waals surface area (Å²) in [4.78, 5) is 26.4. The summed E-state index contributed by atoms with van der Waals surface area (Å²) < 4.78 is 11.0. The molecule has 1 aromatic carbocycles. The number of benzene rings is 1. The van der Waals surface area contributed by atoms with E-state index in [-0.39, 0.29) is 17.8 Å². The van der Waals surface area contributed by atoms with Crippen molar-refractivity contribution in [2.75, 3.05) is 20.2 Å². The van der Waals surface area contributed by atoms with Crippen molar-refractivity contribution in [1.82, 2.24) is 10.2 Å². The van der Waals surface area contributed by atoms with E-state index < -0.39 is 29.0 Å². The van der Waals surface area contributed by atoms with Crippen LogP contribution in [-0.2, 0) is 26.2 Å². The number of methoxy groups -OCH3 is 1. The van der Waals surface area contributed by atoms with Crippen molar-refractivity contribution in [3.8, 4) is 11.5 Å². The first-order valence-corrected chi connectivity index (χ1v) is 11.9. The van der Waals surface area contributed by atoms with E-state index in [0.717, 1.165) is 48.7 Å². The number of amides is 1. The van der Waals surface area contributed by atoms with E-state index >= 15 is 0 Å². The van der Waals surface area contributed by atoms with E-state index in [2.05, 4.69) is 15.0 Å². The maximum atomic E-state index is 12.6. The van der Waals surface area contributed by atoms with E-state index in [4.69, 9.17) is 4.74 Å². The Morgan fingerprint density at radius 1 is 1.27 bits per heavy atom. The highest BCUT2D eigenvalue weighted by Crippen LogP contribution is 2.65. The number of hydrogen-bond donors (Lipinski definition) is 3. The Balaban J connectivity index is 1.38. The van der Waals surface area contributed by atoms with Crippen LogP contribution >= 0.6 is 0 Å². The van der Waals surface area contributed by atoms with Gasteiger partial charge in [-0.1, -0.05) is 6.07 Å². The SMILES string of the molecule is COC(=O)C=CC(=O)N[C@@H]1CC[C@@]2(O)[C@H]3Cc4ccc(O)c5c4[C@@]2(CCN3CC2CC2)[C@H]1O5. The number of carbonyl (C=O) groups is 2. The second-order valence-electron chi connectivity index (χ2n) is 10.3. The number of nitrogens with one attached hydrogen (secondary N) is 1. The third-order valence-corrected chi connectivity index (χ3v) is 8.66. The molecular formula is C25H30N2O6. The Morgan fingerprint density at radius 2 is 2.09 bits per heavy atom. The summed E-state index contributed by atoms with van der Waals surface area (Å²) in [7, 11) is 1.26. The lowest BCUT2D eigenvalue weighted by Gasteiger charge is -2.64. The molecule has 8 nitrogen and oxygen atoms in total. The van der Waals surface area contributed by atoms with Crippen molar-refractivity contribution in [3.63, 3.8) is 0 Å². The quantitative estimate of drug-likeness (QED) is 0.453. The highest BCUT2D eigenvalue weighted by Gasteiger charge is 2.73. The molecule has 2 bridgehead atoms. The average molecular weight is 455 g/mol. The van der Waals surface area contributed by atoms with E-state index in [1.54, 1.807) is 6.07 Å². The van der Waals surface area contributed by atoms with E-state index in [0.29, 0.717) is 25.0 Å². The van der Waals surface area contributed by atoms with Crippen molar-refractivity contribution in [1.29, 1.82) is 0 Å². The maximum Gasteiger partial charge on any atom is 0.330 e. The Bertz CT molecular complexity index is 1050. The molecule has 2 saturated carbocycles. The van der Waals surface area contributed by atoms with Gasteiger partial charge in [0.25, 0.3) is 0 Å². The van der Waals surface area contributed by atoms with Gasteiger partial charge in [0.15, 0.2) is 11.5 Å². The first-order chi connectivity index (χ1) is 15.9. The number of aliphatic hydroxyl groups is 1. The monoisotopic (exact) mass is 454 g/mol. The minimum absolute atomic E-state index is 0.00295. The zero-order valence-corrected chi connectivity index (χ0v) is 18.8. The summed E-state index contributed by atoms with van der Waals surface area (Å²) in [5.74, 6) is 0.256. The molecule has 1 saturated heterocycles. The fourth-order valence-corrected chi connectivity index (χ4v) is 7.07. The molecule has 2 heterocycles. The van der Waals surface area contributed by atoms with Crippen LogP contribution in [0.4, 0.5) is 0 Å². The fraction of sp³-hybridized carbons (Fsp3) is 0.600. The van der Waals surface area contributed by atoms with Gasteiger partial charge in [0, 0.05) is 30.3 Å². The highest BCUT2D eigenvalue weighted by atomic mass is 16.5. The van der Waals surface area contributed by atoms with Crippen LogP contribution in [-0.4, -0.2) is 71.0 Å². The van der Waals surface area contributed by atoms with Crippen LogP contribution in [0.1, 0.15) is 43.2 Å². The van der Waals surface area contributed by atoms with Gasteiger partial charge in [-0.15, -0.1) is 0 Å². The predicted octanol–water partition coefficient (Wildman–Crippen LogP) is 1.17. The van der Waals surface area contributed by atoms with Crippen molar-refractivity contribution in [3.05, 3.63) is 35.4 Å². The molecule has 5 atom stereocenters. The number of phenolic OH excluding ortho intramolecular Hbond substituents is 1. The molecule has 0 unspecified atom stereocenters. The van der Waals surface area contributed by atoms with E-state index in [1.165, 1.54) is 20.0 Å². The van der Waals surface area contributed by atoms with Gasteiger partial charge < -0.3 is 25.0 Å². The molecule has 0 aromatic heterocycles. The van der Waals surface area contributed by atoms with Gasteiger partial charge in [0.2, 0.25) is 5.91 Å². The summed E-state index contributed by atoms with van der Waals surface area (Å²) in [5.41, 5.74) is 0.390. The molecule has 3 fully saturated rings. The van der Waals surface area contributed by atoms with Gasteiger partial charge in [-0.3, -0.25) is 9.69 Å². The smallest absolute Gasteiger partial charge is 0.330 e. The fourth-order valence-electron chi connectivity index (χ4n) is 7.07. The lowest BCUT2D eigenvalue weighted by Crippen LogP contribution is -2.78. The molecule has 6 rings (SSSR count). The average Bonchev–Trinajstić information content (AvgIpc) is 3.54. The molecule has 176 valence electrons. The number of carbonyl (C=O) groups excluding carboxylic acids is 2. The van der Waals surface area contributed by atoms with Crippen LogP contribution in [0.3, 0.4) is 0 Å². The van der Waals surface area contributed by atoms with Crippen LogP contribution in [0.5, 0.6) is 11.5 Å². The molecule has 1 amide bonds. The Hall–Kier alpha value is -2.58. The summed E-state index contributed by atoms with van der Waals surface area (Å²) in [5, 5.41) is 26.0. The van der Waals surface area contributed by atoms with E-state index in [1.807, 2.05) is 6.07 Å². The number of phenols is 1. The number of likely N-dealkylation sites (tertiary alicyclic amines) is 1. The summed E-state index contributed by atoms with van der Waals surface area (Å²) in [6.07, 6.45) is 6.84. The number of rotatable bonds is 5. The predicted molar refractivity (Wildman–Crippen MR) is 118 cm³/mol. The van der Waals surface area contributed by atoms with Crippen LogP contribution in [0.2, 0.25) is 0 Å². The second-order valence-corrected chi connectivity index (χ2v) is 10.3. The zero-order chi connectivity index (χ0) is 23.0. The van der Waals surface area contributed by atoms with Gasteiger partial charge >= 0.3 is 5.97 Å². The van der Waals surface area contributed by atoms with Gasteiger partial charge in [0.05, 0.1) is 24.2 Å². The first-order valence-electron chi connectivity index (χ1n) is 11.9. The lowest BCUT2D eigenvalue weighted by molar-refractivity contribution is -0.192. The van der Waals surface area contributed by atoms with Gasteiger partial charge in [-0.05, 0) is 62.6 Å².